The number of rotatable bonds is 7. The first-order valence-electron chi connectivity index (χ1n) is 10.3. The smallest absolute Gasteiger partial charge is 0.329 e. The number of amides is 3. The molecule has 0 atom stereocenters. The second kappa shape index (κ2) is 11.4. The summed E-state index contributed by atoms with van der Waals surface area (Å²) in [7, 11) is 0. The summed E-state index contributed by atoms with van der Waals surface area (Å²) in [6, 6.07) is 18.0. The van der Waals surface area contributed by atoms with Gasteiger partial charge in [0, 0.05) is 11.3 Å². The number of para-hydroxylation sites is 2. The fourth-order valence-corrected chi connectivity index (χ4v) is 2.87. The number of benzene rings is 3. The van der Waals surface area contributed by atoms with Crippen LogP contribution in [0.2, 0.25) is 0 Å². The molecule has 34 heavy (non-hydrogen) atoms. The van der Waals surface area contributed by atoms with Gasteiger partial charge in [-0.1, -0.05) is 36.4 Å². The molecular weight excluding hydrogens is 439 g/mol. The molecule has 3 N–H and O–H groups in total. The number of carbonyl (C=O) groups is 3. The van der Waals surface area contributed by atoms with Crippen molar-refractivity contribution in [2.45, 2.75) is 13.8 Å². The maximum atomic E-state index is 13.6. The maximum Gasteiger partial charge on any atom is 0.329 e. The summed E-state index contributed by atoms with van der Waals surface area (Å²) in [5.41, 5.74) is 5.08. The van der Waals surface area contributed by atoms with E-state index in [9.17, 15) is 18.8 Å². The van der Waals surface area contributed by atoms with E-state index in [0.717, 1.165) is 17.2 Å². The highest BCUT2D eigenvalue weighted by atomic mass is 19.1. The van der Waals surface area contributed by atoms with E-state index < -0.39 is 17.6 Å². The van der Waals surface area contributed by atoms with E-state index >= 15 is 0 Å². The molecule has 174 valence electrons. The Morgan fingerprint density at radius 3 is 2.44 bits per heavy atom. The number of aryl methyl sites for hydroxylation is 2. The number of ether oxygens (including phenoxy) is 1. The molecule has 3 aromatic carbocycles. The molecule has 3 aromatic rings. The second-order valence-corrected chi connectivity index (χ2v) is 7.33. The fraction of sp³-hybridized carbons (Fsp3) is 0.120. The SMILES string of the molecule is Cc1ccc(C)c(NC(=O)COc2ccccc2/C=N\NC(=O)C(=O)Nc2ccccc2F)c1. The quantitative estimate of drug-likeness (QED) is 0.283. The van der Waals surface area contributed by atoms with E-state index in [1.807, 2.05) is 32.0 Å². The van der Waals surface area contributed by atoms with Crippen LogP contribution in [0.25, 0.3) is 0 Å². The molecule has 0 aliphatic carbocycles. The summed E-state index contributed by atoms with van der Waals surface area (Å²) in [6.45, 7) is 3.59. The lowest BCUT2D eigenvalue weighted by molar-refractivity contribution is -0.136. The van der Waals surface area contributed by atoms with Gasteiger partial charge < -0.3 is 15.4 Å². The molecule has 0 unspecified atom stereocenters. The molecule has 0 aromatic heterocycles. The third-order valence-corrected chi connectivity index (χ3v) is 4.64. The first-order chi connectivity index (χ1) is 16.3. The number of carbonyl (C=O) groups excluding carboxylic acids is 3. The van der Waals surface area contributed by atoms with Crippen molar-refractivity contribution < 1.29 is 23.5 Å². The highest BCUT2D eigenvalue weighted by molar-refractivity contribution is 6.39. The van der Waals surface area contributed by atoms with Crippen LogP contribution in [-0.4, -0.2) is 30.5 Å². The molecule has 0 heterocycles. The lowest BCUT2D eigenvalue weighted by Gasteiger charge is -2.11. The van der Waals surface area contributed by atoms with Crippen LogP contribution in [0.5, 0.6) is 5.75 Å². The molecule has 3 rings (SSSR count). The normalized spacial score (nSPS) is 10.6. The van der Waals surface area contributed by atoms with Gasteiger partial charge in [-0.2, -0.15) is 5.10 Å². The summed E-state index contributed by atoms with van der Waals surface area (Å²) in [6.07, 6.45) is 1.27. The third kappa shape index (κ3) is 6.73. The van der Waals surface area contributed by atoms with E-state index in [4.69, 9.17) is 4.74 Å². The zero-order valence-corrected chi connectivity index (χ0v) is 18.6. The van der Waals surface area contributed by atoms with Gasteiger partial charge in [-0.3, -0.25) is 14.4 Å². The van der Waals surface area contributed by atoms with Gasteiger partial charge in [0.2, 0.25) is 0 Å². The number of hydrogen-bond donors (Lipinski definition) is 3. The molecule has 8 nitrogen and oxygen atoms in total. The summed E-state index contributed by atoms with van der Waals surface area (Å²) in [5, 5.41) is 8.71. The minimum absolute atomic E-state index is 0.121. The van der Waals surface area contributed by atoms with E-state index in [-0.39, 0.29) is 18.2 Å². The Kier molecular flexibility index (Phi) is 8.07. The van der Waals surface area contributed by atoms with Crippen molar-refractivity contribution in [2.75, 3.05) is 17.2 Å². The van der Waals surface area contributed by atoms with Crippen LogP contribution in [0.4, 0.5) is 15.8 Å². The highest BCUT2D eigenvalue weighted by Gasteiger charge is 2.15. The number of halogens is 1. The van der Waals surface area contributed by atoms with Gasteiger partial charge in [-0.25, -0.2) is 9.82 Å². The Morgan fingerprint density at radius 2 is 1.65 bits per heavy atom. The predicted octanol–water partition coefficient (Wildman–Crippen LogP) is 3.55. The topological polar surface area (TPSA) is 109 Å². The van der Waals surface area contributed by atoms with Crippen LogP contribution < -0.4 is 20.8 Å². The monoisotopic (exact) mass is 462 g/mol. The molecule has 0 aliphatic rings. The fourth-order valence-electron chi connectivity index (χ4n) is 2.87. The van der Waals surface area contributed by atoms with Gasteiger partial charge in [0.05, 0.1) is 11.9 Å². The summed E-state index contributed by atoms with van der Waals surface area (Å²) in [4.78, 5) is 36.2. The van der Waals surface area contributed by atoms with Crippen molar-refractivity contribution in [3.63, 3.8) is 0 Å². The molecule has 0 fully saturated rings. The molecule has 0 radical (unpaired) electrons. The first kappa shape index (κ1) is 24.1. The average Bonchev–Trinajstić information content (AvgIpc) is 2.82. The van der Waals surface area contributed by atoms with Crippen LogP contribution in [0, 0.1) is 19.7 Å². The van der Waals surface area contributed by atoms with Gasteiger partial charge in [0.1, 0.15) is 11.6 Å². The number of nitrogens with one attached hydrogen (secondary N) is 3. The molecule has 0 aliphatic heterocycles. The minimum Gasteiger partial charge on any atom is -0.483 e. The molecule has 9 heteroatoms. The number of hydrogen-bond acceptors (Lipinski definition) is 5. The van der Waals surface area contributed by atoms with Crippen molar-refractivity contribution >= 4 is 35.3 Å². The highest BCUT2D eigenvalue weighted by Crippen LogP contribution is 2.18. The van der Waals surface area contributed by atoms with Gasteiger partial charge in [-0.15, -0.1) is 0 Å². The first-order valence-corrected chi connectivity index (χ1v) is 10.3. The predicted molar refractivity (Wildman–Crippen MR) is 127 cm³/mol. The van der Waals surface area contributed by atoms with Crippen LogP contribution >= 0.6 is 0 Å². The summed E-state index contributed by atoms with van der Waals surface area (Å²) in [5.74, 6) is -2.80. The van der Waals surface area contributed by atoms with Gasteiger partial charge in [0.15, 0.2) is 6.61 Å². The maximum absolute atomic E-state index is 13.6. The lowest BCUT2D eigenvalue weighted by Crippen LogP contribution is -2.32. The Balaban J connectivity index is 1.55. The Labute approximate surface area is 195 Å². The van der Waals surface area contributed by atoms with Crippen LogP contribution in [0.3, 0.4) is 0 Å². The van der Waals surface area contributed by atoms with Crippen LogP contribution in [-0.2, 0) is 14.4 Å². The molecular formula is C25H23FN4O4. The lowest BCUT2D eigenvalue weighted by atomic mass is 10.1. The number of hydrazone groups is 1. The van der Waals surface area contributed by atoms with Crippen molar-refractivity contribution in [3.8, 4) is 5.75 Å². The van der Waals surface area contributed by atoms with Gasteiger partial charge in [-0.05, 0) is 55.3 Å². The summed E-state index contributed by atoms with van der Waals surface area (Å²) < 4.78 is 19.2. The zero-order chi connectivity index (χ0) is 24.5. The molecule has 0 saturated heterocycles. The zero-order valence-electron chi connectivity index (χ0n) is 18.6. The second-order valence-electron chi connectivity index (χ2n) is 7.33. The molecule has 0 spiro atoms. The van der Waals surface area contributed by atoms with Gasteiger partial charge >= 0.3 is 11.8 Å². The Bertz CT molecular complexity index is 1240. The standard InChI is InChI=1S/C25H23FN4O4/c1-16-11-12-17(2)21(13-16)28-23(31)15-34-22-10-6-3-7-18(22)14-27-30-25(33)24(32)29-20-9-5-4-8-19(20)26/h3-14H,15H2,1-2H3,(H,28,31)(H,29,32)(H,30,33)/b27-14-. The Morgan fingerprint density at radius 1 is 0.912 bits per heavy atom. The van der Waals surface area contributed by atoms with Crippen molar-refractivity contribution in [1.29, 1.82) is 0 Å². The average molecular weight is 462 g/mol. The van der Waals surface area contributed by atoms with Crippen molar-refractivity contribution in [1.82, 2.24) is 5.43 Å². The molecule has 0 bridgehead atoms. The van der Waals surface area contributed by atoms with E-state index in [0.29, 0.717) is 17.0 Å². The third-order valence-electron chi connectivity index (χ3n) is 4.64. The van der Waals surface area contributed by atoms with E-state index in [1.165, 1.54) is 24.4 Å². The largest absolute Gasteiger partial charge is 0.483 e. The number of anilines is 2. The van der Waals surface area contributed by atoms with Crippen molar-refractivity contribution in [2.24, 2.45) is 5.10 Å². The number of nitrogens with zero attached hydrogens (tertiary/aromatic N) is 1. The van der Waals surface area contributed by atoms with E-state index in [1.54, 1.807) is 24.3 Å². The summed E-state index contributed by atoms with van der Waals surface area (Å²) >= 11 is 0. The molecule has 0 saturated carbocycles. The molecule has 3 amide bonds. The van der Waals surface area contributed by atoms with Crippen molar-refractivity contribution in [3.05, 3.63) is 89.2 Å². The van der Waals surface area contributed by atoms with Gasteiger partial charge in [0.25, 0.3) is 5.91 Å². The van der Waals surface area contributed by atoms with Crippen LogP contribution in [0.15, 0.2) is 71.8 Å². The van der Waals surface area contributed by atoms with E-state index in [2.05, 4.69) is 21.2 Å². The minimum atomic E-state index is -1.08. The Hall–Kier alpha value is -4.53. The van der Waals surface area contributed by atoms with Crippen LogP contribution in [0.1, 0.15) is 16.7 Å².